The van der Waals surface area contributed by atoms with Crippen molar-refractivity contribution in [2.24, 2.45) is 10.8 Å². The molecule has 1 heteroatoms. The monoisotopic (exact) mass is 356 g/mol. The van der Waals surface area contributed by atoms with Gasteiger partial charge in [-0.3, -0.25) is 0 Å². The third-order valence-corrected chi connectivity index (χ3v) is 7.14. The summed E-state index contributed by atoms with van der Waals surface area (Å²) in [6, 6.07) is 6.14. The van der Waals surface area contributed by atoms with Crippen LogP contribution in [0.4, 0.5) is 0 Å². The lowest BCUT2D eigenvalue weighted by atomic mass is 9.94. The second kappa shape index (κ2) is 8.81. The van der Waals surface area contributed by atoms with Gasteiger partial charge in [0, 0.05) is 0 Å². The van der Waals surface area contributed by atoms with Gasteiger partial charge in [0.1, 0.15) is 5.75 Å². The molecule has 0 atom stereocenters. The minimum Gasteiger partial charge on any atom is -0.508 e. The Kier molecular flexibility index (Phi) is 6.70. The zero-order chi connectivity index (χ0) is 18.5. The highest BCUT2D eigenvalue weighted by molar-refractivity contribution is 5.39. The van der Waals surface area contributed by atoms with Gasteiger partial charge in [-0.05, 0) is 92.2 Å². The van der Waals surface area contributed by atoms with Crippen molar-refractivity contribution in [3.8, 4) is 5.75 Å². The number of aryl methyl sites for hydroxylation is 1. The summed E-state index contributed by atoms with van der Waals surface area (Å²) in [5.74, 6) is 0.526. The van der Waals surface area contributed by atoms with Crippen molar-refractivity contribution in [3.63, 3.8) is 0 Å². The maximum Gasteiger partial charge on any atom is 0.119 e. The van der Waals surface area contributed by atoms with Gasteiger partial charge in [0.25, 0.3) is 0 Å². The Morgan fingerprint density at radius 2 is 1.27 bits per heavy atom. The Morgan fingerprint density at radius 3 is 1.88 bits per heavy atom. The lowest BCUT2D eigenvalue weighted by Gasteiger charge is -2.13. The fourth-order valence-electron chi connectivity index (χ4n) is 4.32. The summed E-state index contributed by atoms with van der Waals surface area (Å²) in [5.41, 5.74) is 4.04. The Balaban J connectivity index is 1.34. The number of hydrogen-bond acceptors (Lipinski definition) is 1. The van der Waals surface area contributed by atoms with Gasteiger partial charge < -0.3 is 5.11 Å². The molecule has 0 amide bonds. The molecular formula is C25H40O. The quantitative estimate of drug-likeness (QED) is 0.361. The molecule has 1 aromatic rings. The largest absolute Gasteiger partial charge is 0.508 e. The van der Waals surface area contributed by atoms with Gasteiger partial charge in [-0.2, -0.15) is 0 Å². The molecule has 2 aliphatic carbocycles. The van der Waals surface area contributed by atoms with E-state index in [2.05, 4.69) is 19.9 Å². The number of benzene rings is 1. The van der Waals surface area contributed by atoms with E-state index in [1.165, 1.54) is 94.6 Å². The highest BCUT2D eigenvalue weighted by atomic mass is 16.3. The number of phenols is 1. The van der Waals surface area contributed by atoms with Crippen molar-refractivity contribution >= 4 is 0 Å². The summed E-state index contributed by atoms with van der Waals surface area (Å²) >= 11 is 0. The number of rotatable bonds is 13. The molecule has 26 heavy (non-hydrogen) atoms. The normalized spacial score (nSPS) is 19.5. The molecule has 0 unspecified atom stereocenters. The minimum absolute atomic E-state index is 0.526. The van der Waals surface area contributed by atoms with E-state index in [0.29, 0.717) is 16.6 Å². The van der Waals surface area contributed by atoms with Crippen LogP contribution in [-0.4, -0.2) is 5.11 Å². The average molecular weight is 357 g/mol. The summed E-state index contributed by atoms with van der Waals surface area (Å²) in [7, 11) is 0. The molecular weight excluding hydrogens is 316 g/mol. The Hall–Kier alpha value is -0.980. The van der Waals surface area contributed by atoms with Crippen LogP contribution in [0, 0.1) is 10.8 Å². The van der Waals surface area contributed by atoms with E-state index in [1.807, 2.05) is 12.1 Å². The first kappa shape index (κ1) is 19.8. The van der Waals surface area contributed by atoms with Gasteiger partial charge in [-0.25, -0.2) is 0 Å². The lowest BCUT2D eigenvalue weighted by molar-refractivity contribution is 0.458. The average Bonchev–Trinajstić information content (AvgIpc) is 3.52. The molecule has 0 aliphatic heterocycles. The van der Waals surface area contributed by atoms with E-state index < -0.39 is 0 Å². The van der Waals surface area contributed by atoms with Gasteiger partial charge in [-0.1, -0.05) is 58.1 Å². The van der Waals surface area contributed by atoms with Crippen LogP contribution in [0.2, 0.25) is 0 Å². The molecule has 0 saturated heterocycles. The van der Waals surface area contributed by atoms with Crippen LogP contribution in [0.15, 0.2) is 18.2 Å². The van der Waals surface area contributed by atoms with E-state index in [4.69, 9.17) is 0 Å². The fraction of sp³-hybridized carbons (Fsp3) is 0.760. The van der Waals surface area contributed by atoms with Crippen LogP contribution in [0.25, 0.3) is 0 Å². The Morgan fingerprint density at radius 1 is 0.731 bits per heavy atom. The fourth-order valence-corrected chi connectivity index (χ4v) is 4.32. The molecule has 0 spiro atoms. The molecule has 0 bridgehead atoms. The first-order valence-corrected chi connectivity index (χ1v) is 11.3. The van der Waals surface area contributed by atoms with Crippen molar-refractivity contribution in [2.45, 2.75) is 110 Å². The molecule has 0 aromatic heterocycles. The minimum atomic E-state index is 0.526. The van der Waals surface area contributed by atoms with E-state index in [9.17, 15) is 5.11 Å². The van der Waals surface area contributed by atoms with Gasteiger partial charge in [0.05, 0.1) is 0 Å². The van der Waals surface area contributed by atoms with Crippen LogP contribution in [0.1, 0.15) is 108 Å². The van der Waals surface area contributed by atoms with Crippen LogP contribution < -0.4 is 0 Å². The molecule has 1 nitrogen and oxygen atoms in total. The van der Waals surface area contributed by atoms with Crippen molar-refractivity contribution in [1.82, 2.24) is 0 Å². The van der Waals surface area contributed by atoms with E-state index in [1.54, 1.807) is 0 Å². The van der Waals surface area contributed by atoms with E-state index in [0.717, 1.165) is 12.8 Å². The second-order valence-electron chi connectivity index (χ2n) is 10.0. The van der Waals surface area contributed by atoms with Crippen molar-refractivity contribution in [1.29, 1.82) is 0 Å². The number of unbranched alkanes of at least 4 members (excludes halogenated alkanes) is 5. The number of phenolic OH excluding ortho intramolecular Hbond substituents is 1. The van der Waals surface area contributed by atoms with Crippen molar-refractivity contribution in [2.75, 3.05) is 0 Å². The maximum absolute atomic E-state index is 10.3. The zero-order valence-electron chi connectivity index (χ0n) is 17.3. The van der Waals surface area contributed by atoms with E-state index in [-0.39, 0.29) is 0 Å². The van der Waals surface area contributed by atoms with Gasteiger partial charge in [0.15, 0.2) is 0 Å². The standard InChI is InChI=1S/C25H40O/c1-24(17-18-24)15-8-4-3-7-13-22-21(12-10-14-23(22)26)11-6-5-9-16-25(2)19-20-25/h10,12,14,26H,3-9,11,13,15-20H2,1-2H3. The SMILES string of the molecule is CC1(CCCCCCc2c(O)cccc2CCCCCC2(C)CC2)CC1. The topological polar surface area (TPSA) is 20.2 Å². The van der Waals surface area contributed by atoms with Crippen molar-refractivity contribution in [3.05, 3.63) is 29.3 Å². The summed E-state index contributed by atoms with van der Waals surface area (Å²) in [6.07, 6.45) is 20.1. The molecule has 0 radical (unpaired) electrons. The summed E-state index contributed by atoms with van der Waals surface area (Å²) < 4.78 is 0. The maximum atomic E-state index is 10.3. The number of aromatic hydroxyl groups is 1. The first-order valence-electron chi connectivity index (χ1n) is 11.3. The van der Waals surface area contributed by atoms with Gasteiger partial charge >= 0.3 is 0 Å². The first-order chi connectivity index (χ1) is 12.5. The molecule has 1 N–H and O–H groups in total. The van der Waals surface area contributed by atoms with Crippen LogP contribution in [0.5, 0.6) is 5.75 Å². The molecule has 146 valence electrons. The Bertz CT molecular complexity index is 566. The molecule has 3 rings (SSSR count). The van der Waals surface area contributed by atoms with Crippen LogP contribution in [0.3, 0.4) is 0 Å². The summed E-state index contributed by atoms with van der Waals surface area (Å²) in [5, 5.41) is 10.3. The van der Waals surface area contributed by atoms with Crippen molar-refractivity contribution < 1.29 is 5.11 Å². The van der Waals surface area contributed by atoms with Gasteiger partial charge in [0.2, 0.25) is 0 Å². The predicted octanol–water partition coefficient (Wildman–Crippen LogP) is 7.59. The third-order valence-electron chi connectivity index (χ3n) is 7.14. The second-order valence-corrected chi connectivity index (χ2v) is 10.0. The molecule has 2 fully saturated rings. The van der Waals surface area contributed by atoms with Crippen LogP contribution >= 0.6 is 0 Å². The van der Waals surface area contributed by atoms with E-state index >= 15 is 0 Å². The van der Waals surface area contributed by atoms with Gasteiger partial charge in [-0.15, -0.1) is 0 Å². The highest BCUT2D eigenvalue weighted by Gasteiger charge is 2.36. The Labute approximate surface area is 161 Å². The molecule has 2 aliphatic rings. The van der Waals surface area contributed by atoms with Crippen LogP contribution in [-0.2, 0) is 12.8 Å². The molecule has 0 heterocycles. The summed E-state index contributed by atoms with van der Waals surface area (Å²) in [6.45, 7) is 4.87. The summed E-state index contributed by atoms with van der Waals surface area (Å²) in [4.78, 5) is 0. The highest BCUT2D eigenvalue weighted by Crippen LogP contribution is 2.49. The third kappa shape index (κ3) is 6.32. The predicted molar refractivity (Wildman–Crippen MR) is 112 cm³/mol. The molecule has 2 saturated carbocycles. The smallest absolute Gasteiger partial charge is 0.119 e. The lowest BCUT2D eigenvalue weighted by Crippen LogP contribution is -1.98. The number of hydrogen-bond donors (Lipinski definition) is 1. The zero-order valence-corrected chi connectivity index (χ0v) is 17.3. The molecule has 1 aromatic carbocycles.